The van der Waals surface area contributed by atoms with Gasteiger partial charge < -0.3 is 14.5 Å². The molecule has 132 valence electrons. The van der Waals surface area contributed by atoms with Crippen LogP contribution in [-0.2, 0) is 16.1 Å². The van der Waals surface area contributed by atoms with Crippen molar-refractivity contribution in [2.75, 3.05) is 31.5 Å². The minimum absolute atomic E-state index is 0.130. The van der Waals surface area contributed by atoms with E-state index in [2.05, 4.69) is 15.9 Å². The molecule has 2 rings (SSSR count). The van der Waals surface area contributed by atoms with Crippen LogP contribution < -0.4 is 0 Å². The molecule has 1 aliphatic rings. The molecule has 1 heterocycles. The first-order valence-corrected chi connectivity index (χ1v) is 9.62. The molecule has 1 aromatic carbocycles. The van der Waals surface area contributed by atoms with E-state index in [9.17, 15) is 9.59 Å². The molecule has 1 aliphatic heterocycles. The maximum atomic E-state index is 12.2. The number of unbranched alkanes of at least 4 members (excludes halogenated alkanes) is 1. The number of alkyl halides is 1. The van der Waals surface area contributed by atoms with Gasteiger partial charge in [-0.05, 0) is 24.8 Å². The van der Waals surface area contributed by atoms with Gasteiger partial charge in [0.2, 0.25) is 5.91 Å². The molecular weight excluding hydrogens is 372 g/mol. The lowest BCUT2D eigenvalue weighted by Gasteiger charge is -2.30. The smallest absolute Gasteiger partial charge is 0.410 e. The molecule has 0 saturated carbocycles. The lowest BCUT2D eigenvalue weighted by Crippen LogP contribution is -2.42. The van der Waals surface area contributed by atoms with Crippen LogP contribution in [0.25, 0.3) is 0 Å². The minimum atomic E-state index is -0.334. The van der Waals surface area contributed by atoms with E-state index in [0.717, 1.165) is 36.7 Å². The van der Waals surface area contributed by atoms with E-state index in [0.29, 0.717) is 26.1 Å². The Hall–Kier alpha value is -1.56. The highest BCUT2D eigenvalue weighted by atomic mass is 79.9. The van der Waals surface area contributed by atoms with Crippen LogP contribution in [0.3, 0.4) is 0 Å². The number of hydrogen-bond acceptors (Lipinski definition) is 3. The zero-order chi connectivity index (χ0) is 17.2. The largest absolute Gasteiger partial charge is 0.445 e. The third kappa shape index (κ3) is 6.15. The van der Waals surface area contributed by atoms with Crippen molar-refractivity contribution in [1.29, 1.82) is 0 Å². The van der Waals surface area contributed by atoms with Gasteiger partial charge in [-0.3, -0.25) is 4.79 Å². The normalized spacial score (nSPS) is 15.8. The number of ether oxygens (including phenoxy) is 1. The summed E-state index contributed by atoms with van der Waals surface area (Å²) in [4.78, 5) is 28.0. The Labute approximate surface area is 152 Å². The Morgan fingerprint density at radius 2 is 1.92 bits per heavy atom. The Balaban J connectivity index is 1.77. The van der Waals surface area contributed by atoms with Crippen LogP contribution in [0.1, 0.15) is 31.2 Å². The number of nitrogens with zero attached hydrogens (tertiary/aromatic N) is 2. The van der Waals surface area contributed by atoms with Crippen LogP contribution in [-0.4, -0.2) is 53.3 Å². The molecule has 1 saturated heterocycles. The Morgan fingerprint density at radius 1 is 1.12 bits per heavy atom. The van der Waals surface area contributed by atoms with Crippen molar-refractivity contribution in [3.8, 4) is 0 Å². The number of amides is 2. The predicted octanol–water partition coefficient (Wildman–Crippen LogP) is 3.42. The maximum absolute atomic E-state index is 12.2. The highest BCUT2D eigenvalue weighted by Gasteiger charge is 2.22. The molecule has 0 unspecified atom stereocenters. The highest BCUT2D eigenvalue weighted by Crippen LogP contribution is 2.10. The summed E-state index contributed by atoms with van der Waals surface area (Å²) in [6, 6.07) is 9.62. The van der Waals surface area contributed by atoms with Gasteiger partial charge in [0.25, 0.3) is 0 Å². The molecule has 0 aliphatic carbocycles. The van der Waals surface area contributed by atoms with E-state index in [1.54, 1.807) is 4.90 Å². The molecule has 24 heavy (non-hydrogen) atoms. The lowest BCUT2D eigenvalue weighted by molar-refractivity contribution is -0.132. The molecule has 0 radical (unpaired) electrons. The Morgan fingerprint density at radius 3 is 2.67 bits per heavy atom. The van der Waals surface area contributed by atoms with Crippen LogP contribution in [0.5, 0.6) is 0 Å². The predicted molar refractivity (Wildman–Crippen MR) is 97.0 cm³/mol. The van der Waals surface area contributed by atoms with Gasteiger partial charge in [-0.15, -0.1) is 0 Å². The second kappa shape index (κ2) is 10.3. The first-order valence-electron chi connectivity index (χ1n) is 8.50. The summed E-state index contributed by atoms with van der Waals surface area (Å²) in [5, 5.41) is 0.968. The molecule has 0 spiro atoms. The summed E-state index contributed by atoms with van der Waals surface area (Å²) in [5.41, 5.74) is 0.965. The fourth-order valence-electron chi connectivity index (χ4n) is 2.70. The van der Waals surface area contributed by atoms with E-state index in [1.165, 1.54) is 0 Å². The summed E-state index contributed by atoms with van der Waals surface area (Å²) in [6.45, 7) is 2.85. The number of carbonyl (C=O) groups excluding carboxylic acids is 2. The Bertz CT molecular complexity index is 524. The van der Waals surface area contributed by atoms with Crippen LogP contribution >= 0.6 is 15.9 Å². The minimum Gasteiger partial charge on any atom is -0.445 e. The van der Waals surface area contributed by atoms with Crippen molar-refractivity contribution in [3.05, 3.63) is 35.9 Å². The van der Waals surface area contributed by atoms with E-state index in [4.69, 9.17) is 4.74 Å². The average molecular weight is 397 g/mol. The van der Waals surface area contributed by atoms with Gasteiger partial charge in [0.05, 0.1) is 0 Å². The quantitative estimate of drug-likeness (QED) is 0.546. The number of carbonyl (C=O) groups is 2. The third-order valence-electron chi connectivity index (χ3n) is 4.08. The molecule has 0 N–H and O–H groups in total. The van der Waals surface area contributed by atoms with Crippen LogP contribution in [0.15, 0.2) is 30.3 Å². The van der Waals surface area contributed by atoms with Crippen LogP contribution in [0, 0.1) is 0 Å². The molecule has 0 bridgehead atoms. The van der Waals surface area contributed by atoms with Crippen LogP contribution in [0.2, 0.25) is 0 Å². The van der Waals surface area contributed by atoms with Crippen molar-refractivity contribution in [1.82, 2.24) is 9.80 Å². The van der Waals surface area contributed by atoms with Gasteiger partial charge in [0.15, 0.2) is 0 Å². The summed E-state index contributed by atoms with van der Waals surface area (Å²) in [6.07, 6.45) is 2.91. The van der Waals surface area contributed by atoms with Crippen molar-refractivity contribution in [2.24, 2.45) is 0 Å². The maximum Gasteiger partial charge on any atom is 0.410 e. The molecule has 1 fully saturated rings. The van der Waals surface area contributed by atoms with Gasteiger partial charge in [-0.1, -0.05) is 46.3 Å². The van der Waals surface area contributed by atoms with Crippen molar-refractivity contribution in [2.45, 2.75) is 32.3 Å². The zero-order valence-electron chi connectivity index (χ0n) is 14.0. The van der Waals surface area contributed by atoms with Gasteiger partial charge >= 0.3 is 6.09 Å². The van der Waals surface area contributed by atoms with E-state index in [-0.39, 0.29) is 18.6 Å². The molecule has 6 heteroatoms. The van der Waals surface area contributed by atoms with Gasteiger partial charge in [0, 0.05) is 37.9 Å². The average Bonchev–Trinajstić information content (AvgIpc) is 2.60. The fourth-order valence-corrected chi connectivity index (χ4v) is 3.10. The third-order valence-corrected chi connectivity index (χ3v) is 4.64. The molecule has 0 aromatic heterocycles. The highest BCUT2D eigenvalue weighted by molar-refractivity contribution is 9.09. The van der Waals surface area contributed by atoms with E-state index in [1.807, 2.05) is 35.2 Å². The first-order chi connectivity index (χ1) is 11.7. The van der Waals surface area contributed by atoms with Crippen molar-refractivity contribution >= 4 is 27.9 Å². The molecule has 2 amide bonds. The standard InChI is InChI=1S/C18H25BrN2O3/c19-10-4-5-11-20-12-6-13-21(14-9-17(20)22)18(23)24-15-16-7-2-1-3-8-16/h1-3,7-8H,4-6,9-15H2. The lowest BCUT2D eigenvalue weighted by atomic mass is 10.2. The van der Waals surface area contributed by atoms with Crippen LogP contribution in [0.4, 0.5) is 4.79 Å². The number of halogens is 1. The summed E-state index contributed by atoms with van der Waals surface area (Å²) in [5.74, 6) is 0.130. The molecule has 0 atom stereocenters. The van der Waals surface area contributed by atoms with Crippen molar-refractivity contribution < 1.29 is 14.3 Å². The summed E-state index contributed by atoms with van der Waals surface area (Å²) >= 11 is 3.41. The van der Waals surface area contributed by atoms with E-state index >= 15 is 0 Å². The number of rotatable bonds is 6. The Kier molecular flexibility index (Phi) is 8.08. The molecular formula is C18H25BrN2O3. The second-order valence-corrected chi connectivity index (χ2v) is 6.70. The van der Waals surface area contributed by atoms with Gasteiger partial charge in [-0.25, -0.2) is 4.79 Å². The monoisotopic (exact) mass is 396 g/mol. The van der Waals surface area contributed by atoms with Gasteiger partial charge in [-0.2, -0.15) is 0 Å². The van der Waals surface area contributed by atoms with Crippen molar-refractivity contribution in [3.63, 3.8) is 0 Å². The zero-order valence-corrected chi connectivity index (χ0v) is 15.5. The first kappa shape index (κ1) is 18.8. The SMILES string of the molecule is O=C1CCN(C(=O)OCc2ccccc2)CCCN1CCCCBr. The van der Waals surface area contributed by atoms with Gasteiger partial charge in [0.1, 0.15) is 6.61 Å². The number of benzene rings is 1. The topological polar surface area (TPSA) is 49.9 Å². The summed E-state index contributed by atoms with van der Waals surface area (Å²) in [7, 11) is 0. The second-order valence-electron chi connectivity index (χ2n) is 5.91. The fraction of sp³-hybridized carbons (Fsp3) is 0.556. The molecule has 1 aromatic rings. The number of hydrogen-bond donors (Lipinski definition) is 0. The van der Waals surface area contributed by atoms with E-state index < -0.39 is 0 Å². The summed E-state index contributed by atoms with van der Waals surface area (Å²) < 4.78 is 5.36. The molecule has 5 nitrogen and oxygen atoms in total.